The van der Waals surface area contributed by atoms with Gasteiger partial charge in [-0.25, -0.2) is 0 Å². The molecule has 0 aromatic heterocycles. The van der Waals surface area contributed by atoms with Crippen LogP contribution >= 0.6 is 0 Å². The topological polar surface area (TPSA) is 94.1 Å². The van der Waals surface area contributed by atoms with Gasteiger partial charge in [-0.2, -0.15) is 0 Å². The fraction of sp³-hybridized carbons (Fsp3) is 0.0769. The summed E-state index contributed by atoms with van der Waals surface area (Å²) in [4.78, 5) is 0. The van der Waals surface area contributed by atoms with Crippen molar-refractivity contribution in [1.29, 1.82) is 0 Å². The third-order valence-electron chi connectivity index (χ3n) is 2.13. The number of benzene rings is 2. The number of rotatable bonds is 4. The van der Waals surface area contributed by atoms with Crippen LogP contribution in [0.15, 0.2) is 60.7 Å². The molecule has 2 aromatic rings. The van der Waals surface area contributed by atoms with Crippen LogP contribution in [0.4, 0.5) is 11.4 Å². The molecule has 4 nitrogen and oxygen atoms in total. The zero-order chi connectivity index (χ0) is 10.3. The molecule has 0 saturated heterocycles. The zero-order valence-corrected chi connectivity index (χ0v) is 9.89. The molecule has 8 N–H and O–H groups in total. The van der Waals surface area contributed by atoms with Gasteiger partial charge in [-0.05, 0) is 24.3 Å². The minimum Gasteiger partial charge on any atom is -0.368 e. The third-order valence-corrected chi connectivity index (χ3v) is 2.13. The van der Waals surface area contributed by atoms with Crippen molar-refractivity contribution in [2.45, 2.75) is 0 Å². The molecule has 17 heavy (non-hydrogen) atoms. The quantitative estimate of drug-likeness (QED) is 0.607. The molecular weight excluding hydrogens is 212 g/mol. The number of para-hydroxylation sites is 2. The van der Waals surface area contributed by atoms with E-state index in [-0.39, 0.29) is 12.3 Å². The second-order valence-corrected chi connectivity index (χ2v) is 3.26. The van der Waals surface area contributed by atoms with Crippen LogP contribution in [0, 0.1) is 0 Å². The van der Waals surface area contributed by atoms with Crippen molar-refractivity contribution in [2.24, 2.45) is 0 Å². The Hall–Kier alpha value is -2.04. The Balaban J connectivity index is 0.00000128. The predicted molar refractivity (Wildman–Crippen MR) is 75.0 cm³/mol. The maximum atomic E-state index is 3.28. The van der Waals surface area contributed by atoms with E-state index >= 15 is 0 Å². The lowest BCUT2D eigenvalue weighted by Crippen LogP contribution is -2.11. The molecule has 0 aliphatic heterocycles. The van der Waals surface area contributed by atoms with Gasteiger partial charge in [0.05, 0.1) is 6.67 Å². The lowest BCUT2D eigenvalue weighted by Gasteiger charge is -2.08. The molecule has 0 saturated carbocycles. The van der Waals surface area contributed by atoms with Gasteiger partial charge >= 0.3 is 0 Å². The second kappa shape index (κ2) is 8.15. The van der Waals surface area contributed by atoms with Crippen molar-refractivity contribution in [3.05, 3.63) is 60.7 Å². The molecule has 0 aliphatic carbocycles. The van der Waals surface area contributed by atoms with Crippen LogP contribution in [0.3, 0.4) is 0 Å². The molecule has 0 unspecified atom stereocenters. The first-order valence-electron chi connectivity index (χ1n) is 5.03. The van der Waals surface area contributed by atoms with Crippen molar-refractivity contribution >= 4 is 11.4 Å². The van der Waals surface area contributed by atoms with E-state index in [2.05, 4.69) is 10.6 Å². The molecule has 2 rings (SSSR count). The SMILES string of the molecule is N.N.c1ccc(NCNc2ccccc2)cc1. The Morgan fingerprint density at radius 1 is 0.588 bits per heavy atom. The summed E-state index contributed by atoms with van der Waals surface area (Å²) in [7, 11) is 0. The summed E-state index contributed by atoms with van der Waals surface area (Å²) in [5.74, 6) is 0. The van der Waals surface area contributed by atoms with Gasteiger partial charge in [0.25, 0.3) is 0 Å². The Kier molecular flexibility index (Phi) is 7.17. The predicted octanol–water partition coefficient (Wildman–Crippen LogP) is 3.49. The maximum absolute atomic E-state index is 3.28. The minimum absolute atomic E-state index is 0. The van der Waals surface area contributed by atoms with Gasteiger partial charge in [-0.3, -0.25) is 0 Å². The third kappa shape index (κ3) is 5.01. The van der Waals surface area contributed by atoms with E-state index in [1.165, 1.54) is 0 Å². The average Bonchev–Trinajstić information content (AvgIpc) is 2.32. The van der Waals surface area contributed by atoms with Gasteiger partial charge in [0.1, 0.15) is 0 Å². The molecule has 92 valence electrons. The first-order valence-corrected chi connectivity index (χ1v) is 5.03. The zero-order valence-electron chi connectivity index (χ0n) is 9.89. The molecule has 0 fully saturated rings. The fourth-order valence-electron chi connectivity index (χ4n) is 1.36. The maximum Gasteiger partial charge on any atom is 0.0849 e. The normalized spacial score (nSPS) is 8.47. The Morgan fingerprint density at radius 2 is 0.941 bits per heavy atom. The van der Waals surface area contributed by atoms with Crippen LogP contribution in [0.25, 0.3) is 0 Å². The minimum atomic E-state index is 0. The molecule has 0 amide bonds. The molecule has 0 aliphatic rings. The monoisotopic (exact) mass is 232 g/mol. The standard InChI is InChI=1S/C13H14N2.2H3N/c1-3-7-12(8-4-1)14-11-15-13-9-5-2-6-10-13;;/h1-10,14-15H,11H2;2*1H3. The van der Waals surface area contributed by atoms with Gasteiger partial charge < -0.3 is 22.9 Å². The highest BCUT2D eigenvalue weighted by Crippen LogP contribution is 2.06. The van der Waals surface area contributed by atoms with Crippen LogP contribution < -0.4 is 22.9 Å². The van der Waals surface area contributed by atoms with Crippen LogP contribution in [-0.2, 0) is 0 Å². The van der Waals surface area contributed by atoms with Crippen molar-refractivity contribution in [3.63, 3.8) is 0 Å². The summed E-state index contributed by atoms with van der Waals surface area (Å²) >= 11 is 0. The molecular formula is C13H20N4. The Labute approximate surface area is 102 Å². The van der Waals surface area contributed by atoms with E-state index in [9.17, 15) is 0 Å². The summed E-state index contributed by atoms with van der Waals surface area (Å²) in [6, 6.07) is 20.3. The van der Waals surface area contributed by atoms with Crippen molar-refractivity contribution < 1.29 is 0 Å². The summed E-state index contributed by atoms with van der Waals surface area (Å²) in [6.07, 6.45) is 0. The molecule has 0 spiro atoms. The summed E-state index contributed by atoms with van der Waals surface area (Å²) in [6.45, 7) is 0.730. The van der Waals surface area contributed by atoms with E-state index in [0.717, 1.165) is 18.0 Å². The lowest BCUT2D eigenvalue weighted by atomic mass is 10.3. The fourth-order valence-corrected chi connectivity index (χ4v) is 1.36. The average molecular weight is 232 g/mol. The van der Waals surface area contributed by atoms with Crippen LogP contribution in [0.1, 0.15) is 0 Å². The highest BCUT2D eigenvalue weighted by Gasteiger charge is 1.89. The highest BCUT2D eigenvalue weighted by atomic mass is 15.1. The van der Waals surface area contributed by atoms with E-state index in [0.29, 0.717) is 0 Å². The summed E-state index contributed by atoms with van der Waals surface area (Å²) in [5, 5.41) is 6.56. The van der Waals surface area contributed by atoms with E-state index in [1.807, 2.05) is 60.7 Å². The number of hydrogen-bond donors (Lipinski definition) is 4. The molecule has 0 radical (unpaired) electrons. The first-order chi connectivity index (χ1) is 7.45. The largest absolute Gasteiger partial charge is 0.368 e. The highest BCUT2D eigenvalue weighted by molar-refractivity contribution is 5.46. The smallest absolute Gasteiger partial charge is 0.0849 e. The van der Waals surface area contributed by atoms with Crippen LogP contribution in [0.2, 0.25) is 0 Å². The molecule has 0 atom stereocenters. The summed E-state index contributed by atoms with van der Waals surface area (Å²) < 4.78 is 0. The van der Waals surface area contributed by atoms with Gasteiger partial charge in [0.15, 0.2) is 0 Å². The number of hydrogen-bond acceptors (Lipinski definition) is 4. The Bertz CT molecular complexity index is 349. The summed E-state index contributed by atoms with van der Waals surface area (Å²) in [5.41, 5.74) is 2.25. The van der Waals surface area contributed by atoms with Gasteiger partial charge in [-0.1, -0.05) is 36.4 Å². The van der Waals surface area contributed by atoms with Crippen molar-refractivity contribution in [3.8, 4) is 0 Å². The van der Waals surface area contributed by atoms with E-state index in [4.69, 9.17) is 0 Å². The molecule has 4 heteroatoms. The lowest BCUT2D eigenvalue weighted by molar-refractivity contribution is 1.22. The van der Waals surface area contributed by atoms with Gasteiger partial charge in [0, 0.05) is 11.4 Å². The van der Waals surface area contributed by atoms with Crippen molar-refractivity contribution in [1.82, 2.24) is 12.3 Å². The van der Waals surface area contributed by atoms with E-state index in [1.54, 1.807) is 0 Å². The number of anilines is 2. The Morgan fingerprint density at radius 3 is 1.29 bits per heavy atom. The molecule has 0 bridgehead atoms. The molecule has 0 heterocycles. The second-order valence-electron chi connectivity index (χ2n) is 3.26. The van der Waals surface area contributed by atoms with Gasteiger partial charge in [-0.15, -0.1) is 0 Å². The van der Waals surface area contributed by atoms with Gasteiger partial charge in [0.2, 0.25) is 0 Å². The molecule has 2 aromatic carbocycles. The van der Waals surface area contributed by atoms with Crippen molar-refractivity contribution in [2.75, 3.05) is 17.3 Å². The van der Waals surface area contributed by atoms with Crippen LogP contribution in [-0.4, -0.2) is 6.67 Å². The van der Waals surface area contributed by atoms with E-state index < -0.39 is 0 Å². The number of nitrogens with one attached hydrogen (secondary N) is 2. The van der Waals surface area contributed by atoms with Crippen LogP contribution in [0.5, 0.6) is 0 Å². The first kappa shape index (κ1) is 15.0.